The Kier molecular flexibility index (Phi) is 5.50. The monoisotopic (exact) mass is 403 g/mol. The number of primary sulfonamides is 1. The van der Waals surface area contributed by atoms with Crippen LogP contribution in [0.1, 0.15) is 32.2 Å². The van der Waals surface area contributed by atoms with Crippen LogP contribution in [0.5, 0.6) is 0 Å². The number of anilines is 1. The largest absolute Gasteiger partial charge is 0.343 e. The molecule has 3 aromatic rings. The Bertz CT molecular complexity index is 1050. The molecule has 0 aliphatic rings. The zero-order chi connectivity index (χ0) is 19.6. The molecule has 142 valence electrons. The standard InChI is InChI=1S/C19H21N3O3S2/c1-13-10-18(14(2)22(13)11-17-4-3-9-26-17)19(23)21-16-7-5-15(6-8-16)12-27(20,24)25/h3-10H,11-12H2,1-2H3,(H,21,23)(H2,20,24,25). The number of thiophene rings is 1. The van der Waals surface area contributed by atoms with Crippen LogP contribution in [0.25, 0.3) is 0 Å². The van der Waals surface area contributed by atoms with Crippen molar-refractivity contribution < 1.29 is 13.2 Å². The number of rotatable bonds is 6. The Morgan fingerprint density at radius 2 is 1.89 bits per heavy atom. The summed E-state index contributed by atoms with van der Waals surface area (Å²) in [7, 11) is -3.57. The maximum absolute atomic E-state index is 12.7. The highest BCUT2D eigenvalue weighted by Gasteiger charge is 2.16. The summed E-state index contributed by atoms with van der Waals surface area (Å²) in [5.41, 5.74) is 3.72. The van der Waals surface area contributed by atoms with Gasteiger partial charge in [-0.1, -0.05) is 18.2 Å². The molecule has 0 aliphatic carbocycles. The Morgan fingerprint density at radius 3 is 2.48 bits per heavy atom. The number of hydrogen-bond acceptors (Lipinski definition) is 4. The predicted molar refractivity (Wildman–Crippen MR) is 109 cm³/mol. The molecule has 0 saturated carbocycles. The first-order chi connectivity index (χ1) is 12.7. The number of carbonyl (C=O) groups is 1. The third kappa shape index (κ3) is 4.85. The Balaban J connectivity index is 1.74. The number of aryl methyl sites for hydroxylation is 1. The topological polar surface area (TPSA) is 94.2 Å². The van der Waals surface area contributed by atoms with Gasteiger partial charge in [-0.15, -0.1) is 11.3 Å². The number of benzene rings is 1. The minimum Gasteiger partial charge on any atom is -0.343 e. The van der Waals surface area contributed by atoms with Gasteiger partial charge in [-0.25, -0.2) is 13.6 Å². The maximum atomic E-state index is 12.7. The number of nitrogens with zero attached hydrogens (tertiary/aromatic N) is 1. The number of amides is 1. The lowest BCUT2D eigenvalue weighted by atomic mass is 10.2. The van der Waals surface area contributed by atoms with Crippen LogP contribution in [-0.4, -0.2) is 18.9 Å². The van der Waals surface area contributed by atoms with Crippen molar-refractivity contribution in [2.24, 2.45) is 5.14 Å². The van der Waals surface area contributed by atoms with Crippen molar-refractivity contribution in [1.82, 2.24) is 4.57 Å². The van der Waals surface area contributed by atoms with Crippen LogP contribution in [0, 0.1) is 13.8 Å². The summed E-state index contributed by atoms with van der Waals surface area (Å²) in [5, 5.41) is 9.94. The highest BCUT2D eigenvalue weighted by molar-refractivity contribution is 7.88. The van der Waals surface area contributed by atoms with Gasteiger partial charge in [0.25, 0.3) is 5.91 Å². The van der Waals surface area contributed by atoms with Crippen molar-refractivity contribution in [3.8, 4) is 0 Å². The maximum Gasteiger partial charge on any atom is 0.257 e. The van der Waals surface area contributed by atoms with Crippen LogP contribution in [0.2, 0.25) is 0 Å². The molecule has 0 unspecified atom stereocenters. The third-order valence-corrected chi connectivity index (χ3v) is 5.89. The smallest absolute Gasteiger partial charge is 0.257 e. The van der Waals surface area contributed by atoms with E-state index in [1.165, 1.54) is 4.88 Å². The van der Waals surface area contributed by atoms with E-state index < -0.39 is 10.0 Å². The minimum absolute atomic E-state index is 0.195. The predicted octanol–water partition coefficient (Wildman–Crippen LogP) is 3.26. The van der Waals surface area contributed by atoms with Gasteiger partial charge in [0.1, 0.15) is 0 Å². The summed E-state index contributed by atoms with van der Waals surface area (Å²) in [4.78, 5) is 13.9. The van der Waals surface area contributed by atoms with Crippen molar-refractivity contribution in [1.29, 1.82) is 0 Å². The SMILES string of the molecule is Cc1cc(C(=O)Nc2ccc(CS(N)(=O)=O)cc2)c(C)n1Cc1cccs1. The Hall–Kier alpha value is -2.42. The quantitative estimate of drug-likeness (QED) is 0.661. The number of nitrogens with two attached hydrogens (primary N) is 1. The summed E-state index contributed by atoms with van der Waals surface area (Å²) in [6.07, 6.45) is 0. The van der Waals surface area contributed by atoms with Gasteiger partial charge in [-0.2, -0.15) is 0 Å². The van der Waals surface area contributed by atoms with Crippen LogP contribution in [-0.2, 0) is 22.3 Å². The van der Waals surface area contributed by atoms with Crippen LogP contribution < -0.4 is 10.5 Å². The van der Waals surface area contributed by atoms with Gasteiger partial charge in [0.05, 0.1) is 17.9 Å². The van der Waals surface area contributed by atoms with E-state index in [1.54, 1.807) is 35.6 Å². The van der Waals surface area contributed by atoms with E-state index in [4.69, 9.17) is 5.14 Å². The first kappa shape index (κ1) is 19.3. The fraction of sp³-hybridized carbons (Fsp3) is 0.211. The van der Waals surface area contributed by atoms with Gasteiger partial charge in [0.15, 0.2) is 0 Å². The lowest BCUT2D eigenvalue weighted by Crippen LogP contribution is -2.15. The molecule has 27 heavy (non-hydrogen) atoms. The molecule has 8 heteroatoms. The van der Waals surface area contributed by atoms with E-state index in [0.29, 0.717) is 16.8 Å². The Morgan fingerprint density at radius 1 is 1.19 bits per heavy atom. The molecule has 0 spiro atoms. The molecule has 0 bridgehead atoms. The summed E-state index contributed by atoms with van der Waals surface area (Å²) in [6, 6.07) is 12.6. The van der Waals surface area contributed by atoms with E-state index in [2.05, 4.69) is 16.0 Å². The van der Waals surface area contributed by atoms with Gasteiger partial charge < -0.3 is 9.88 Å². The van der Waals surface area contributed by atoms with Gasteiger partial charge in [0, 0.05) is 22.0 Å². The molecule has 2 aromatic heterocycles. The molecule has 0 radical (unpaired) electrons. The molecule has 6 nitrogen and oxygen atoms in total. The number of aromatic nitrogens is 1. The summed E-state index contributed by atoms with van der Waals surface area (Å²) >= 11 is 1.69. The number of sulfonamides is 1. The minimum atomic E-state index is -3.57. The molecule has 3 N–H and O–H groups in total. The zero-order valence-corrected chi connectivity index (χ0v) is 16.7. The van der Waals surface area contributed by atoms with E-state index in [-0.39, 0.29) is 11.7 Å². The summed E-state index contributed by atoms with van der Waals surface area (Å²) in [5.74, 6) is -0.426. The zero-order valence-electron chi connectivity index (χ0n) is 15.1. The number of hydrogen-bond donors (Lipinski definition) is 2. The lowest BCUT2D eigenvalue weighted by molar-refractivity contribution is 0.102. The van der Waals surface area contributed by atoms with Crippen molar-refractivity contribution in [2.75, 3.05) is 5.32 Å². The van der Waals surface area contributed by atoms with Crippen LogP contribution in [0.15, 0.2) is 47.8 Å². The second kappa shape index (κ2) is 7.67. The second-order valence-corrected chi connectivity index (χ2v) is 9.06. The first-order valence-corrected chi connectivity index (χ1v) is 10.9. The van der Waals surface area contributed by atoms with Crippen molar-refractivity contribution in [3.63, 3.8) is 0 Å². The van der Waals surface area contributed by atoms with Crippen LogP contribution in [0.4, 0.5) is 5.69 Å². The average molecular weight is 404 g/mol. The fourth-order valence-electron chi connectivity index (χ4n) is 2.95. The molecular formula is C19H21N3O3S2. The van der Waals surface area contributed by atoms with Gasteiger partial charge in [-0.05, 0) is 49.1 Å². The van der Waals surface area contributed by atoms with E-state index in [1.807, 2.05) is 31.4 Å². The van der Waals surface area contributed by atoms with Crippen LogP contribution >= 0.6 is 11.3 Å². The number of nitrogens with one attached hydrogen (secondary N) is 1. The molecule has 0 saturated heterocycles. The third-order valence-electron chi connectivity index (χ3n) is 4.29. The van der Waals surface area contributed by atoms with Crippen molar-refractivity contribution in [2.45, 2.75) is 26.1 Å². The van der Waals surface area contributed by atoms with Gasteiger partial charge in [-0.3, -0.25) is 4.79 Å². The average Bonchev–Trinajstić information content (AvgIpc) is 3.19. The highest BCUT2D eigenvalue weighted by atomic mass is 32.2. The molecule has 1 aromatic carbocycles. The molecule has 0 aliphatic heterocycles. The van der Waals surface area contributed by atoms with E-state index in [9.17, 15) is 13.2 Å². The first-order valence-electron chi connectivity index (χ1n) is 8.33. The van der Waals surface area contributed by atoms with E-state index in [0.717, 1.165) is 17.9 Å². The fourth-order valence-corrected chi connectivity index (χ4v) is 4.30. The van der Waals surface area contributed by atoms with Crippen molar-refractivity contribution >= 4 is 33.0 Å². The lowest BCUT2D eigenvalue weighted by Gasteiger charge is -2.09. The highest BCUT2D eigenvalue weighted by Crippen LogP contribution is 2.21. The Labute approximate surface area is 162 Å². The summed E-state index contributed by atoms with van der Waals surface area (Å²) in [6.45, 7) is 4.66. The molecule has 3 rings (SSSR count). The van der Waals surface area contributed by atoms with Gasteiger partial charge >= 0.3 is 0 Å². The van der Waals surface area contributed by atoms with Crippen molar-refractivity contribution in [3.05, 3.63) is 75.2 Å². The molecule has 1 amide bonds. The molecule has 0 atom stereocenters. The summed E-state index contributed by atoms with van der Waals surface area (Å²) < 4.78 is 24.4. The number of carbonyl (C=O) groups excluding carboxylic acids is 1. The van der Waals surface area contributed by atoms with Crippen LogP contribution in [0.3, 0.4) is 0 Å². The molecular weight excluding hydrogens is 382 g/mol. The van der Waals surface area contributed by atoms with Gasteiger partial charge in [0.2, 0.25) is 10.0 Å². The van der Waals surface area contributed by atoms with E-state index >= 15 is 0 Å². The molecule has 0 fully saturated rings. The second-order valence-electron chi connectivity index (χ2n) is 6.41. The normalized spacial score (nSPS) is 11.5. The molecule has 2 heterocycles.